The lowest BCUT2D eigenvalue weighted by atomic mass is 10.1. The standard InChI is InChI=1S/C17H14Cl2F3NO4S.C3H8.C2H4O2.2C2H6/c1-10(23-16(24)15-13(18)3-2-4-14(15)19)9-11-5-7-12(8-6-11)27-28(25,26)17(20,21)22;1-3-2;1-4-2-3;2*1-2/h2-8,10H,9H2,1H3,(H,23,24);3H2,1-2H3;2H,1H3;2*1-2H3. The average molecular weight is 621 g/mol. The molecule has 0 heterocycles. The summed E-state index contributed by atoms with van der Waals surface area (Å²) in [6, 6.07) is 9.27. The maximum absolute atomic E-state index is 12.3. The van der Waals surface area contributed by atoms with E-state index in [0.717, 1.165) is 12.1 Å². The van der Waals surface area contributed by atoms with Gasteiger partial charge in [-0.1, -0.05) is 89.4 Å². The Morgan fingerprint density at radius 1 is 1.00 bits per heavy atom. The highest BCUT2D eigenvalue weighted by Gasteiger charge is 2.48. The highest BCUT2D eigenvalue weighted by Crippen LogP contribution is 2.27. The molecule has 0 aliphatic rings. The summed E-state index contributed by atoms with van der Waals surface area (Å²) in [5, 5.41) is 3.11. The number of hydrogen-bond acceptors (Lipinski definition) is 6. The first-order valence-corrected chi connectivity index (χ1v) is 14.2. The van der Waals surface area contributed by atoms with Crippen LogP contribution in [0.2, 0.25) is 10.0 Å². The molecule has 0 spiro atoms. The summed E-state index contributed by atoms with van der Waals surface area (Å²) in [4.78, 5) is 21.3. The first-order valence-electron chi connectivity index (χ1n) is 12.0. The topological polar surface area (TPSA) is 98.8 Å². The zero-order valence-corrected chi connectivity index (χ0v) is 25.7. The van der Waals surface area contributed by atoms with Gasteiger partial charge in [0.1, 0.15) is 5.75 Å². The quantitative estimate of drug-likeness (QED) is 0.192. The van der Waals surface area contributed by atoms with Gasteiger partial charge in [0.05, 0.1) is 22.7 Å². The van der Waals surface area contributed by atoms with Gasteiger partial charge in [-0.05, 0) is 43.2 Å². The van der Waals surface area contributed by atoms with E-state index in [1.54, 1.807) is 13.0 Å². The number of methoxy groups -OCH3 is 1. The number of alkyl halides is 3. The van der Waals surface area contributed by atoms with Gasteiger partial charge in [-0.25, -0.2) is 0 Å². The summed E-state index contributed by atoms with van der Waals surface area (Å²) >= 11 is 12.0. The van der Waals surface area contributed by atoms with E-state index in [1.807, 2.05) is 27.7 Å². The van der Waals surface area contributed by atoms with Crippen molar-refractivity contribution in [1.82, 2.24) is 5.32 Å². The number of benzene rings is 2. The van der Waals surface area contributed by atoms with E-state index in [2.05, 4.69) is 28.1 Å². The fraction of sp³-hybridized carbons (Fsp3) is 0.462. The maximum Gasteiger partial charge on any atom is 0.534 e. The number of rotatable bonds is 7. The van der Waals surface area contributed by atoms with Gasteiger partial charge in [0.15, 0.2) is 0 Å². The molecular formula is C26H38Cl2F3NO6S. The molecule has 0 aliphatic carbocycles. The van der Waals surface area contributed by atoms with Gasteiger partial charge in [-0.3, -0.25) is 9.59 Å². The highest BCUT2D eigenvalue weighted by molar-refractivity contribution is 7.88. The molecule has 0 fully saturated rings. The number of hydrogen-bond donors (Lipinski definition) is 1. The number of ether oxygens (including phenoxy) is 1. The highest BCUT2D eigenvalue weighted by atomic mass is 35.5. The lowest BCUT2D eigenvalue weighted by Gasteiger charge is -2.16. The Balaban J connectivity index is -0.00000102. The lowest BCUT2D eigenvalue weighted by Crippen LogP contribution is -2.34. The second-order valence-electron chi connectivity index (χ2n) is 6.84. The predicted octanol–water partition coefficient (Wildman–Crippen LogP) is 7.84. The zero-order chi connectivity index (χ0) is 31.2. The Hall–Kier alpha value is -2.50. The van der Waals surface area contributed by atoms with Crippen molar-refractivity contribution in [1.29, 1.82) is 0 Å². The number of carbonyl (C=O) groups excluding carboxylic acids is 2. The average Bonchev–Trinajstić information content (AvgIpc) is 2.87. The SMILES string of the molecule is CC.CC.CC(Cc1ccc(OS(=O)(=O)C(F)(F)F)cc1)NC(=O)c1c(Cl)cccc1Cl.CCC.COC=O. The zero-order valence-electron chi connectivity index (χ0n) is 23.4. The van der Waals surface area contributed by atoms with E-state index in [9.17, 15) is 26.4 Å². The first-order chi connectivity index (χ1) is 18.2. The number of carbonyl (C=O) groups is 2. The second-order valence-corrected chi connectivity index (χ2v) is 9.19. The monoisotopic (exact) mass is 619 g/mol. The second kappa shape index (κ2) is 22.3. The molecule has 7 nitrogen and oxygen atoms in total. The van der Waals surface area contributed by atoms with E-state index < -0.39 is 27.3 Å². The largest absolute Gasteiger partial charge is 0.534 e. The summed E-state index contributed by atoms with van der Waals surface area (Å²) in [7, 11) is -4.41. The Morgan fingerprint density at radius 3 is 1.77 bits per heavy atom. The Morgan fingerprint density at radius 2 is 1.41 bits per heavy atom. The van der Waals surface area contributed by atoms with Crippen LogP contribution in [0.15, 0.2) is 42.5 Å². The summed E-state index contributed by atoms with van der Waals surface area (Å²) in [6.45, 7) is 14.3. The van der Waals surface area contributed by atoms with Crippen molar-refractivity contribution < 1.29 is 40.1 Å². The molecule has 1 unspecified atom stereocenters. The molecule has 39 heavy (non-hydrogen) atoms. The molecule has 0 saturated heterocycles. The summed E-state index contributed by atoms with van der Waals surface area (Å²) in [5.41, 5.74) is -4.74. The third-order valence-corrected chi connectivity index (χ3v) is 5.23. The predicted molar refractivity (Wildman–Crippen MR) is 151 cm³/mol. The van der Waals surface area contributed by atoms with Crippen LogP contribution < -0.4 is 9.50 Å². The van der Waals surface area contributed by atoms with Gasteiger partial charge in [0.25, 0.3) is 12.4 Å². The van der Waals surface area contributed by atoms with E-state index in [1.165, 1.54) is 37.8 Å². The van der Waals surface area contributed by atoms with Crippen LogP contribution in [-0.4, -0.2) is 39.5 Å². The van der Waals surface area contributed by atoms with Gasteiger partial charge < -0.3 is 14.2 Å². The Kier molecular flexibility index (Phi) is 23.5. The van der Waals surface area contributed by atoms with Crippen molar-refractivity contribution in [2.45, 2.75) is 72.9 Å². The minimum absolute atomic E-state index is 0.138. The van der Waals surface area contributed by atoms with Crippen LogP contribution in [0, 0.1) is 0 Å². The van der Waals surface area contributed by atoms with E-state index in [0.29, 0.717) is 18.5 Å². The van der Waals surface area contributed by atoms with Crippen LogP contribution in [0.1, 0.15) is 70.8 Å². The summed E-state index contributed by atoms with van der Waals surface area (Å²) < 4.78 is 66.8. The van der Waals surface area contributed by atoms with Crippen molar-refractivity contribution in [2.75, 3.05) is 7.11 Å². The molecule has 2 aromatic rings. The molecule has 2 rings (SSSR count). The molecule has 0 aromatic heterocycles. The third-order valence-electron chi connectivity index (χ3n) is 3.62. The molecule has 0 aliphatic heterocycles. The van der Waals surface area contributed by atoms with Crippen molar-refractivity contribution in [3.05, 3.63) is 63.6 Å². The van der Waals surface area contributed by atoms with Gasteiger partial charge in [-0.2, -0.15) is 21.6 Å². The molecule has 0 radical (unpaired) electrons. The Labute approximate surface area is 240 Å². The van der Waals surface area contributed by atoms with Crippen molar-refractivity contribution in [3.8, 4) is 5.75 Å². The molecule has 1 atom stereocenters. The number of amides is 1. The summed E-state index contributed by atoms with van der Waals surface area (Å²) in [6.07, 6.45) is 1.57. The van der Waals surface area contributed by atoms with Gasteiger partial charge in [0, 0.05) is 6.04 Å². The van der Waals surface area contributed by atoms with Crippen LogP contribution >= 0.6 is 23.2 Å². The van der Waals surface area contributed by atoms with Crippen LogP contribution in [0.3, 0.4) is 0 Å². The minimum atomic E-state index is -5.72. The van der Waals surface area contributed by atoms with E-state index in [4.69, 9.17) is 28.0 Å². The molecule has 2 aromatic carbocycles. The van der Waals surface area contributed by atoms with Crippen LogP contribution in [0.25, 0.3) is 0 Å². The van der Waals surface area contributed by atoms with Gasteiger partial charge in [0.2, 0.25) is 0 Å². The molecule has 1 N–H and O–H groups in total. The van der Waals surface area contributed by atoms with Crippen LogP contribution in [0.4, 0.5) is 13.2 Å². The van der Waals surface area contributed by atoms with Gasteiger partial charge in [-0.15, -0.1) is 0 Å². The molecule has 1 amide bonds. The maximum atomic E-state index is 12.3. The fourth-order valence-corrected chi connectivity index (χ4v) is 3.30. The Bertz CT molecular complexity index is 1030. The third kappa shape index (κ3) is 16.9. The van der Waals surface area contributed by atoms with Crippen LogP contribution in [0.5, 0.6) is 5.75 Å². The normalized spacial score (nSPS) is 10.7. The fourth-order valence-electron chi connectivity index (χ4n) is 2.27. The molecular weight excluding hydrogens is 582 g/mol. The van der Waals surface area contributed by atoms with E-state index >= 15 is 0 Å². The van der Waals surface area contributed by atoms with Crippen molar-refractivity contribution >= 4 is 45.7 Å². The smallest absolute Gasteiger partial charge is 0.471 e. The summed E-state index contributed by atoms with van der Waals surface area (Å²) in [5.74, 6) is -0.945. The number of halogens is 5. The molecule has 13 heteroatoms. The van der Waals surface area contributed by atoms with E-state index in [-0.39, 0.29) is 21.7 Å². The number of nitrogens with one attached hydrogen (secondary N) is 1. The van der Waals surface area contributed by atoms with Crippen molar-refractivity contribution in [2.24, 2.45) is 0 Å². The van der Waals surface area contributed by atoms with Crippen molar-refractivity contribution in [3.63, 3.8) is 0 Å². The minimum Gasteiger partial charge on any atom is -0.471 e. The molecule has 0 bridgehead atoms. The van der Waals surface area contributed by atoms with Crippen LogP contribution in [-0.2, 0) is 26.1 Å². The first kappa shape index (κ1) is 41.0. The van der Waals surface area contributed by atoms with Gasteiger partial charge >= 0.3 is 15.6 Å². The molecule has 224 valence electrons. The molecule has 0 saturated carbocycles. The lowest BCUT2D eigenvalue weighted by molar-refractivity contribution is -0.126.